The molecule has 2 rings (SSSR count). The van der Waals surface area contributed by atoms with E-state index in [2.05, 4.69) is 10.6 Å². The Bertz CT molecular complexity index is 459. The molecule has 1 aliphatic rings. The van der Waals surface area contributed by atoms with Gasteiger partial charge in [-0.25, -0.2) is 0 Å². The number of carbonyl (C=O) groups is 1. The zero-order valence-corrected chi connectivity index (χ0v) is 12.6. The maximum Gasteiger partial charge on any atom is 0.251 e. The number of hydrogen-bond donors (Lipinski definition) is 3. The van der Waals surface area contributed by atoms with E-state index < -0.39 is 0 Å². The SMILES string of the molecule is CC(C)OCc1ccc(C(=O)NCC2CNCC2O)cc1. The summed E-state index contributed by atoms with van der Waals surface area (Å²) in [5.74, 6) is -0.0157. The van der Waals surface area contributed by atoms with Crippen molar-refractivity contribution in [3.8, 4) is 0 Å². The average molecular weight is 292 g/mol. The van der Waals surface area contributed by atoms with Crippen LogP contribution >= 0.6 is 0 Å². The first-order valence-corrected chi connectivity index (χ1v) is 7.44. The number of ether oxygens (including phenoxy) is 1. The van der Waals surface area contributed by atoms with E-state index in [9.17, 15) is 9.90 Å². The maximum absolute atomic E-state index is 12.0. The zero-order valence-electron chi connectivity index (χ0n) is 12.6. The Morgan fingerprint density at radius 1 is 1.38 bits per heavy atom. The highest BCUT2D eigenvalue weighted by Crippen LogP contribution is 2.09. The highest BCUT2D eigenvalue weighted by molar-refractivity contribution is 5.94. The van der Waals surface area contributed by atoms with Crippen molar-refractivity contribution in [2.45, 2.75) is 32.7 Å². The van der Waals surface area contributed by atoms with E-state index in [4.69, 9.17) is 4.74 Å². The zero-order chi connectivity index (χ0) is 15.2. The average Bonchev–Trinajstić information content (AvgIpc) is 2.88. The molecule has 1 aromatic rings. The number of nitrogens with one attached hydrogen (secondary N) is 2. The van der Waals surface area contributed by atoms with Crippen molar-refractivity contribution in [1.82, 2.24) is 10.6 Å². The molecule has 1 aromatic carbocycles. The third-order valence-corrected chi connectivity index (χ3v) is 3.63. The number of carbonyl (C=O) groups excluding carboxylic acids is 1. The molecule has 0 bridgehead atoms. The van der Waals surface area contributed by atoms with Gasteiger partial charge in [0.1, 0.15) is 0 Å². The van der Waals surface area contributed by atoms with Crippen molar-refractivity contribution in [2.24, 2.45) is 5.92 Å². The summed E-state index contributed by atoms with van der Waals surface area (Å²) >= 11 is 0. The molecule has 5 nitrogen and oxygen atoms in total. The highest BCUT2D eigenvalue weighted by atomic mass is 16.5. The standard InChI is InChI=1S/C16H24N2O3/c1-11(2)21-10-12-3-5-13(6-4-12)16(20)18-8-14-7-17-9-15(14)19/h3-6,11,14-15,17,19H,7-10H2,1-2H3,(H,18,20). The van der Waals surface area contributed by atoms with E-state index in [1.165, 1.54) is 0 Å². The Kier molecular flexibility index (Phi) is 5.73. The molecule has 1 aliphatic heterocycles. The molecule has 1 heterocycles. The van der Waals surface area contributed by atoms with E-state index in [0.717, 1.165) is 12.1 Å². The molecule has 3 N–H and O–H groups in total. The highest BCUT2D eigenvalue weighted by Gasteiger charge is 2.25. The van der Waals surface area contributed by atoms with E-state index in [0.29, 0.717) is 25.3 Å². The summed E-state index contributed by atoms with van der Waals surface area (Å²) < 4.78 is 5.52. The van der Waals surface area contributed by atoms with Crippen LogP contribution in [0.3, 0.4) is 0 Å². The van der Waals surface area contributed by atoms with Gasteiger partial charge in [-0.1, -0.05) is 12.1 Å². The van der Waals surface area contributed by atoms with E-state index in [1.807, 2.05) is 26.0 Å². The molecule has 116 valence electrons. The second-order valence-electron chi connectivity index (χ2n) is 5.75. The third kappa shape index (κ3) is 4.81. The van der Waals surface area contributed by atoms with Crippen LogP contribution in [0.25, 0.3) is 0 Å². The molecular formula is C16H24N2O3. The van der Waals surface area contributed by atoms with Crippen molar-refractivity contribution in [1.29, 1.82) is 0 Å². The second-order valence-corrected chi connectivity index (χ2v) is 5.75. The summed E-state index contributed by atoms with van der Waals surface area (Å²) in [6.45, 7) is 6.38. The molecule has 0 saturated carbocycles. The van der Waals surface area contributed by atoms with Crippen molar-refractivity contribution in [2.75, 3.05) is 19.6 Å². The molecule has 2 atom stereocenters. The van der Waals surface area contributed by atoms with E-state index in [1.54, 1.807) is 12.1 Å². The third-order valence-electron chi connectivity index (χ3n) is 3.63. The van der Waals surface area contributed by atoms with Gasteiger partial charge in [0.05, 0.1) is 18.8 Å². The van der Waals surface area contributed by atoms with Gasteiger partial charge in [0.15, 0.2) is 0 Å². The number of rotatable bonds is 6. The van der Waals surface area contributed by atoms with Crippen LogP contribution in [0.4, 0.5) is 0 Å². The Hall–Kier alpha value is -1.43. The summed E-state index contributed by atoms with van der Waals surface area (Å²) in [7, 11) is 0. The molecule has 0 radical (unpaired) electrons. The molecule has 2 unspecified atom stereocenters. The second kappa shape index (κ2) is 7.54. The van der Waals surface area contributed by atoms with Crippen molar-refractivity contribution in [3.05, 3.63) is 35.4 Å². The topological polar surface area (TPSA) is 70.6 Å². The lowest BCUT2D eigenvalue weighted by molar-refractivity contribution is 0.0656. The Morgan fingerprint density at radius 3 is 2.67 bits per heavy atom. The summed E-state index contributed by atoms with van der Waals surface area (Å²) in [5, 5.41) is 15.7. The number of benzene rings is 1. The van der Waals surface area contributed by atoms with Crippen molar-refractivity contribution >= 4 is 5.91 Å². The molecule has 1 saturated heterocycles. The number of amides is 1. The number of aliphatic hydroxyl groups is 1. The van der Waals surface area contributed by atoms with Crippen LogP contribution in [0.1, 0.15) is 29.8 Å². The van der Waals surface area contributed by atoms with Crippen LogP contribution in [0, 0.1) is 5.92 Å². The van der Waals surface area contributed by atoms with Crippen LogP contribution in [-0.4, -0.2) is 42.9 Å². The predicted molar refractivity (Wildman–Crippen MR) is 81.1 cm³/mol. The van der Waals surface area contributed by atoms with Crippen LogP contribution in [0.5, 0.6) is 0 Å². The summed E-state index contributed by atoms with van der Waals surface area (Å²) in [6.07, 6.45) is -0.180. The predicted octanol–water partition coefficient (Wildman–Crippen LogP) is 0.922. The smallest absolute Gasteiger partial charge is 0.251 e. The first kappa shape index (κ1) is 15.9. The molecule has 0 aromatic heterocycles. The van der Waals surface area contributed by atoms with Gasteiger partial charge < -0.3 is 20.5 Å². The first-order valence-electron chi connectivity index (χ1n) is 7.44. The summed E-state index contributed by atoms with van der Waals surface area (Å²) in [5.41, 5.74) is 1.68. The van der Waals surface area contributed by atoms with Gasteiger partial charge in [-0.2, -0.15) is 0 Å². The minimum Gasteiger partial charge on any atom is -0.391 e. The largest absolute Gasteiger partial charge is 0.391 e. The van der Waals surface area contributed by atoms with Gasteiger partial charge in [-0.15, -0.1) is 0 Å². The first-order chi connectivity index (χ1) is 10.1. The van der Waals surface area contributed by atoms with Crippen LogP contribution in [0.15, 0.2) is 24.3 Å². The monoisotopic (exact) mass is 292 g/mol. The Balaban J connectivity index is 1.82. The van der Waals surface area contributed by atoms with E-state index >= 15 is 0 Å². The number of hydrogen-bond acceptors (Lipinski definition) is 4. The number of aliphatic hydroxyl groups excluding tert-OH is 1. The van der Waals surface area contributed by atoms with Crippen molar-refractivity contribution in [3.63, 3.8) is 0 Å². The summed E-state index contributed by atoms with van der Waals surface area (Å²) in [6, 6.07) is 7.42. The molecular weight excluding hydrogens is 268 g/mol. The number of β-amino-alcohol motifs (C(OH)–C–C–N with tert-alkyl or cyclic N) is 1. The molecule has 1 amide bonds. The lowest BCUT2D eigenvalue weighted by Crippen LogP contribution is -2.34. The van der Waals surface area contributed by atoms with Gasteiger partial charge in [0.25, 0.3) is 5.91 Å². The van der Waals surface area contributed by atoms with Gasteiger partial charge >= 0.3 is 0 Å². The van der Waals surface area contributed by atoms with Crippen LogP contribution in [0.2, 0.25) is 0 Å². The van der Waals surface area contributed by atoms with Gasteiger partial charge in [0, 0.05) is 31.1 Å². The normalized spacial score (nSPS) is 21.7. The fourth-order valence-corrected chi connectivity index (χ4v) is 2.27. The molecule has 5 heteroatoms. The molecule has 0 spiro atoms. The minimum atomic E-state index is -0.374. The lowest BCUT2D eigenvalue weighted by Gasteiger charge is -2.14. The fraction of sp³-hybridized carbons (Fsp3) is 0.562. The molecule has 0 aliphatic carbocycles. The van der Waals surface area contributed by atoms with Gasteiger partial charge in [0.2, 0.25) is 0 Å². The van der Waals surface area contributed by atoms with E-state index in [-0.39, 0.29) is 24.0 Å². The fourth-order valence-electron chi connectivity index (χ4n) is 2.27. The van der Waals surface area contributed by atoms with Crippen LogP contribution in [-0.2, 0) is 11.3 Å². The van der Waals surface area contributed by atoms with Crippen molar-refractivity contribution < 1.29 is 14.6 Å². The molecule has 1 fully saturated rings. The Labute approximate surface area is 125 Å². The Morgan fingerprint density at radius 2 is 2.10 bits per heavy atom. The molecule has 21 heavy (non-hydrogen) atoms. The quantitative estimate of drug-likeness (QED) is 0.729. The van der Waals surface area contributed by atoms with Crippen LogP contribution < -0.4 is 10.6 Å². The lowest BCUT2D eigenvalue weighted by atomic mass is 10.1. The minimum absolute atomic E-state index is 0.0904. The maximum atomic E-state index is 12.0. The summed E-state index contributed by atoms with van der Waals surface area (Å²) in [4.78, 5) is 12.0. The van der Waals surface area contributed by atoms with Gasteiger partial charge in [-0.3, -0.25) is 4.79 Å². The van der Waals surface area contributed by atoms with Gasteiger partial charge in [-0.05, 0) is 31.5 Å².